The van der Waals surface area contributed by atoms with Crippen LogP contribution in [0.3, 0.4) is 0 Å². The molecule has 1 aromatic carbocycles. The van der Waals surface area contributed by atoms with Crippen molar-refractivity contribution >= 4 is 22.6 Å². The summed E-state index contributed by atoms with van der Waals surface area (Å²) in [6.07, 6.45) is 7.38. The van der Waals surface area contributed by atoms with Crippen LogP contribution in [-0.2, 0) is 24.2 Å². The van der Waals surface area contributed by atoms with E-state index in [1.807, 2.05) is 30.5 Å². The predicted octanol–water partition coefficient (Wildman–Crippen LogP) is 2.88. The van der Waals surface area contributed by atoms with Gasteiger partial charge in [-0.3, -0.25) is 4.79 Å². The number of anilines is 1. The van der Waals surface area contributed by atoms with Crippen molar-refractivity contribution in [3.05, 3.63) is 48.0 Å². The number of carbonyl (C=O) groups excluding carboxylic acids is 1. The lowest BCUT2D eigenvalue weighted by Gasteiger charge is -2.16. The summed E-state index contributed by atoms with van der Waals surface area (Å²) >= 11 is 0. The van der Waals surface area contributed by atoms with Gasteiger partial charge in [0, 0.05) is 30.1 Å². The summed E-state index contributed by atoms with van der Waals surface area (Å²) in [4.78, 5) is 19.9. The zero-order valence-electron chi connectivity index (χ0n) is 12.3. The fraction of sp³-hybridized carbons (Fsp3) is 0.294. The quantitative estimate of drug-likeness (QED) is 0.780. The second-order valence-electron chi connectivity index (χ2n) is 5.75. The van der Waals surface area contributed by atoms with Gasteiger partial charge in [0.2, 0.25) is 5.91 Å². The number of amides is 1. The van der Waals surface area contributed by atoms with Crippen molar-refractivity contribution in [1.29, 1.82) is 0 Å². The Hall–Kier alpha value is -2.56. The van der Waals surface area contributed by atoms with Gasteiger partial charge in [0.15, 0.2) is 0 Å². The second kappa shape index (κ2) is 5.33. The number of hydrogen-bond acceptors (Lipinski definition) is 2. The van der Waals surface area contributed by atoms with Gasteiger partial charge in [0.1, 0.15) is 11.6 Å². The maximum Gasteiger partial charge on any atom is 0.230 e. The fourth-order valence-corrected chi connectivity index (χ4v) is 3.15. The van der Waals surface area contributed by atoms with Crippen LogP contribution in [-0.4, -0.2) is 20.4 Å². The third-order valence-corrected chi connectivity index (χ3v) is 4.26. The molecule has 5 nitrogen and oxygen atoms in total. The van der Waals surface area contributed by atoms with Crippen LogP contribution in [0.2, 0.25) is 0 Å². The highest BCUT2D eigenvalue weighted by Gasteiger charge is 2.16. The van der Waals surface area contributed by atoms with Crippen molar-refractivity contribution in [2.75, 3.05) is 5.32 Å². The first-order chi connectivity index (χ1) is 10.8. The summed E-state index contributed by atoms with van der Waals surface area (Å²) in [6, 6.07) is 8.03. The third kappa shape index (κ3) is 2.28. The highest BCUT2D eigenvalue weighted by molar-refractivity contribution is 5.95. The SMILES string of the molecule is O=C(Cc1c[nH]c2ccccc12)Nc1cnc2n1CCCC2. The maximum atomic E-state index is 12.3. The van der Waals surface area contributed by atoms with E-state index in [0.29, 0.717) is 6.42 Å². The van der Waals surface area contributed by atoms with Gasteiger partial charge in [-0.15, -0.1) is 0 Å². The first-order valence-corrected chi connectivity index (χ1v) is 7.70. The summed E-state index contributed by atoms with van der Waals surface area (Å²) in [5.41, 5.74) is 2.08. The van der Waals surface area contributed by atoms with E-state index in [-0.39, 0.29) is 5.91 Å². The van der Waals surface area contributed by atoms with Crippen LogP contribution in [0, 0.1) is 0 Å². The molecule has 2 N–H and O–H groups in total. The Morgan fingerprint density at radius 2 is 2.23 bits per heavy atom. The molecule has 5 heteroatoms. The molecule has 22 heavy (non-hydrogen) atoms. The van der Waals surface area contributed by atoms with Crippen molar-refractivity contribution in [1.82, 2.24) is 14.5 Å². The minimum atomic E-state index is -0.00183. The number of rotatable bonds is 3. The molecule has 3 heterocycles. The molecule has 0 saturated heterocycles. The van der Waals surface area contributed by atoms with Gasteiger partial charge in [-0.1, -0.05) is 18.2 Å². The Kier molecular flexibility index (Phi) is 3.18. The van der Waals surface area contributed by atoms with E-state index in [1.165, 1.54) is 6.42 Å². The van der Waals surface area contributed by atoms with Gasteiger partial charge in [0.05, 0.1) is 12.6 Å². The Labute approximate surface area is 128 Å². The Balaban J connectivity index is 1.52. The molecule has 0 radical (unpaired) electrons. The van der Waals surface area contributed by atoms with Crippen molar-refractivity contribution in [3.8, 4) is 0 Å². The summed E-state index contributed by atoms with van der Waals surface area (Å²) in [6.45, 7) is 0.942. The molecule has 1 aliphatic rings. The monoisotopic (exact) mass is 294 g/mol. The first-order valence-electron chi connectivity index (χ1n) is 7.70. The average molecular weight is 294 g/mol. The lowest BCUT2D eigenvalue weighted by molar-refractivity contribution is -0.115. The van der Waals surface area contributed by atoms with Crippen LogP contribution in [0.5, 0.6) is 0 Å². The van der Waals surface area contributed by atoms with Gasteiger partial charge >= 0.3 is 0 Å². The predicted molar refractivity (Wildman–Crippen MR) is 85.8 cm³/mol. The van der Waals surface area contributed by atoms with Crippen LogP contribution < -0.4 is 5.32 Å². The van der Waals surface area contributed by atoms with E-state index >= 15 is 0 Å². The zero-order valence-corrected chi connectivity index (χ0v) is 12.3. The van der Waals surface area contributed by atoms with E-state index in [2.05, 4.69) is 19.9 Å². The number of para-hydroxylation sites is 1. The van der Waals surface area contributed by atoms with E-state index < -0.39 is 0 Å². The Morgan fingerprint density at radius 3 is 3.18 bits per heavy atom. The van der Waals surface area contributed by atoms with Gasteiger partial charge in [-0.25, -0.2) is 4.98 Å². The van der Waals surface area contributed by atoms with Gasteiger partial charge in [-0.2, -0.15) is 0 Å². The summed E-state index contributed by atoms with van der Waals surface area (Å²) in [5.74, 6) is 1.89. The largest absolute Gasteiger partial charge is 0.361 e. The van der Waals surface area contributed by atoms with E-state index in [4.69, 9.17) is 0 Å². The average Bonchev–Trinajstić information content (AvgIpc) is 3.13. The summed E-state index contributed by atoms with van der Waals surface area (Å²) in [5, 5.41) is 4.11. The number of hydrogen-bond donors (Lipinski definition) is 2. The van der Waals surface area contributed by atoms with E-state index in [1.54, 1.807) is 6.20 Å². The third-order valence-electron chi connectivity index (χ3n) is 4.26. The molecule has 0 fully saturated rings. The molecule has 4 rings (SSSR count). The number of benzene rings is 1. The van der Waals surface area contributed by atoms with Crippen molar-refractivity contribution in [2.45, 2.75) is 32.2 Å². The van der Waals surface area contributed by atoms with Crippen LogP contribution >= 0.6 is 0 Å². The highest BCUT2D eigenvalue weighted by atomic mass is 16.1. The van der Waals surface area contributed by atoms with Gasteiger partial charge < -0.3 is 14.9 Å². The molecule has 0 bridgehead atoms. The first kappa shape index (κ1) is 13.1. The molecule has 0 aliphatic carbocycles. The molecule has 0 unspecified atom stereocenters. The smallest absolute Gasteiger partial charge is 0.230 e. The second-order valence-corrected chi connectivity index (χ2v) is 5.75. The van der Waals surface area contributed by atoms with Crippen LogP contribution in [0.15, 0.2) is 36.7 Å². The molecule has 0 saturated carbocycles. The van der Waals surface area contributed by atoms with Crippen LogP contribution in [0.25, 0.3) is 10.9 Å². The topological polar surface area (TPSA) is 62.7 Å². The Bertz CT molecular complexity index is 830. The number of carbonyl (C=O) groups is 1. The molecule has 112 valence electrons. The molecular formula is C17H18N4O. The number of nitrogens with zero attached hydrogens (tertiary/aromatic N) is 2. The molecule has 1 aliphatic heterocycles. The Morgan fingerprint density at radius 1 is 1.32 bits per heavy atom. The zero-order chi connectivity index (χ0) is 14.9. The summed E-state index contributed by atoms with van der Waals surface area (Å²) in [7, 11) is 0. The fourth-order valence-electron chi connectivity index (χ4n) is 3.15. The molecule has 0 atom stereocenters. The van der Waals surface area contributed by atoms with Crippen molar-refractivity contribution < 1.29 is 4.79 Å². The lowest BCUT2D eigenvalue weighted by Crippen LogP contribution is -2.19. The van der Waals surface area contributed by atoms with Crippen molar-refractivity contribution in [2.24, 2.45) is 0 Å². The summed E-state index contributed by atoms with van der Waals surface area (Å²) < 4.78 is 2.12. The molecule has 3 aromatic rings. The molecule has 0 spiro atoms. The number of aromatic nitrogens is 3. The molecule has 2 aromatic heterocycles. The maximum absolute atomic E-state index is 12.3. The number of fused-ring (bicyclic) bond motifs is 2. The number of aryl methyl sites for hydroxylation is 1. The molecule has 1 amide bonds. The molecular weight excluding hydrogens is 276 g/mol. The highest BCUT2D eigenvalue weighted by Crippen LogP contribution is 2.21. The van der Waals surface area contributed by atoms with Gasteiger partial charge in [0.25, 0.3) is 0 Å². The number of H-pyrrole nitrogens is 1. The number of aromatic amines is 1. The lowest BCUT2D eigenvalue weighted by atomic mass is 10.1. The van der Waals surface area contributed by atoms with E-state index in [0.717, 1.165) is 47.5 Å². The number of nitrogens with one attached hydrogen (secondary N) is 2. The minimum Gasteiger partial charge on any atom is -0.361 e. The minimum absolute atomic E-state index is 0.00183. The van der Waals surface area contributed by atoms with Crippen LogP contribution in [0.4, 0.5) is 5.82 Å². The standard InChI is InChI=1S/C17H18N4O/c22-17(9-12-10-18-14-6-2-1-5-13(12)14)20-16-11-19-15-7-3-4-8-21(15)16/h1-2,5-6,10-11,18H,3-4,7-9H2,(H,20,22). The normalized spacial score (nSPS) is 14.0. The number of imidazole rings is 1. The van der Waals surface area contributed by atoms with Crippen molar-refractivity contribution in [3.63, 3.8) is 0 Å². The van der Waals surface area contributed by atoms with E-state index in [9.17, 15) is 4.79 Å². The van der Waals surface area contributed by atoms with Gasteiger partial charge in [-0.05, 0) is 24.5 Å². The van der Waals surface area contributed by atoms with Crippen LogP contribution in [0.1, 0.15) is 24.2 Å².